The summed E-state index contributed by atoms with van der Waals surface area (Å²) in [5.41, 5.74) is 5.70. The fourth-order valence-electron chi connectivity index (χ4n) is 1.75. The predicted octanol–water partition coefficient (Wildman–Crippen LogP) is -0.375. The second-order valence-electron chi connectivity index (χ2n) is 3.95. The molecule has 6 nitrogen and oxygen atoms in total. The second kappa shape index (κ2) is 4.15. The molecule has 0 aromatic carbocycles. The van der Waals surface area contributed by atoms with Crippen LogP contribution in [-0.2, 0) is 16.6 Å². The molecule has 2 heterocycles. The number of nitrogens with zero attached hydrogens (tertiary/aromatic N) is 3. The summed E-state index contributed by atoms with van der Waals surface area (Å²) < 4.78 is 27.3. The molecular weight excluding hydrogens is 228 g/mol. The van der Waals surface area contributed by atoms with Gasteiger partial charge in [0.25, 0.3) is 10.0 Å². The first-order chi connectivity index (χ1) is 7.54. The van der Waals surface area contributed by atoms with Crippen LogP contribution in [-0.4, -0.2) is 41.4 Å². The maximum Gasteiger partial charge on any atom is 0.262 e. The Morgan fingerprint density at radius 3 is 2.88 bits per heavy atom. The van der Waals surface area contributed by atoms with Gasteiger partial charge in [-0.25, -0.2) is 13.4 Å². The highest BCUT2D eigenvalue weighted by Gasteiger charge is 2.32. The molecule has 1 fully saturated rings. The van der Waals surface area contributed by atoms with E-state index < -0.39 is 10.0 Å². The van der Waals surface area contributed by atoms with Gasteiger partial charge in [0.15, 0.2) is 5.03 Å². The van der Waals surface area contributed by atoms with Gasteiger partial charge in [0.05, 0.1) is 6.33 Å². The lowest BCUT2D eigenvalue weighted by Gasteiger charge is -2.13. The number of rotatable bonds is 3. The van der Waals surface area contributed by atoms with Crippen molar-refractivity contribution >= 4 is 10.0 Å². The summed E-state index contributed by atoms with van der Waals surface area (Å²) in [5, 5.41) is 0.114. The van der Waals surface area contributed by atoms with Gasteiger partial charge >= 0.3 is 0 Å². The molecule has 1 aliphatic heterocycles. The molecule has 2 N–H and O–H groups in total. The van der Waals surface area contributed by atoms with E-state index in [0.29, 0.717) is 26.1 Å². The van der Waals surface area contributed by atoms with E-state index >= 15 is 0 Å². The van der Waals surface area contributed by atoms with Crippen molar-refractivity contribution in [2.45, 2.75) is 31.0 Å². The molecule has 0 aliphatic carbocycles. The van der Waals surface area contributed by atoms with Gasteiger partial charge in [0.2, 0.25) is 0 Å². The Labute approximate surface area is 95.1 Å². The lowest BCUT2D eigenvalue weighted by molar-refractivity contribution is 0.470. The zero-order chi connectivity index (χ0) is 11.8. The van der Waals surface area contributed by atoms with Crippen LogP contribution in [0.5, 0.6) is 0 Å². The van der Waals surface area contributed by atoms with Gasteiger partial charge in [-0.15, -0.1) is 0 Å². The van der Waals surface area contributed by atoms with E-state index in [1.54, 1.807) is 10.8 Å². The van der Waals surface area contributed by atoms with Crippen molar-refractivity contribution in [2.24, 2.45) is 5.73 Å². The number of nitrogens with two attached hydrogens (primary N) is 1. The average molecular weight is 244 g/mol. The van der Waals surface area contributed by atoms with Crippen LogP contribution < -0.4 is 5.73 Å². The van der Waals surface area contributed by atoms with Crippen LogP contribution in [0, 0.1) is 0 Å². The summed E-state index contributed by atoms with van der Waals surface area (Å²) in [6, 6.07) is -0.0527. The van der Waals surface area contributed by atoms with E-state index in [1.807, 2.05) is 6.92 Å². The van der Waals surface area contributed by atoms with E-state index in [4.69, 9.17) is 5.73 Å². The van der Waals surface area contributed by atoms with Crippen molar-refractivity contribution in [3.05, 3.63) is 12.5 Å². The molecule has 90 valence electrons. The maximum absolute atomic E-state index is 12.1. The van der Waals surface area contributed by atoms with E-state index in [0.717, 1.165) is 0 Å². The molecule has 0 amide bonds. The normalized spacial score (nSPS) is 22.8. The molecule has 1 unspecified atom stereocenters. The van der Waals surface area contributed by atoms with Crippen LogP contribution in [0.15, 0.2) is 17.6 Å². The Balaban J connectivity index is 2.25. The van der Waals surface area contributed by atoms with Crippen molar-refractivity contribution in [3.8, 4) is 0 Å². The first-order valence-electron chi connectivity index (χ1n) is 5.31. The Morgan fingerprint density at radius 2 is 2.38 bits per heavy atom. The van der Waals surface area contributed by atoms with Gasteiger partial charge in [-0.1, -0.05) is 0 Å². The van der Waals surface area contributed by atoms with Crippen molar-refractivity contribution in [2.75, 3.05) is 13.1 Å². The van der Waals surface area contributed by atoms with Gasteiger partial charge in [-0.3, -0.25) is 0 Å². The Kier molecular flexibility index (Phi) is 3.00. The standard InChI is InChI=1S/C9H16N4O2S/c1-2-12-6-9(11-7-12)16(14,15)13-4-3-8(10)5-13/h6-8H,2-5,10H2,1H3. The summed E-state index contributed by atoms with van der Waals surface area (Å²) in [6.45, 7) is 3.52. The zero-order valence-electron chi connectivity index (χ0n) is 9.20. The highest BCUT2D eigenvalue weighted by atomic mass is 32.2. The number of imidazole rings is 1. The zero-order valence-corrected chi connectivity index (χ0v) is 10.0. The Bertz CT molecular complexity index is 468. The SMILES string of the molecule is CCn1cnc(S(=O)(=O)N2CCC(N)C2)c1. The van der Waals surface area contributed by atoms with Crippen molar-refractivity contribution in [3.63, 3.8) is 0 Å². The molecular formula is C9H16N4O2S. The molecule has 7 heteroatoms. The topological polar surface area (TPSA) is 81.2 Å². The fourth-order valence-corrected chi connectivity index (χ4v) is 3.20. The van der Waals surface area contributed by atoms with Gasteiger partial charge in [-0.05, 0) is 13.3 Å². The Morgan fingerprint density at radius 1 is 1.62 bits per heavy atom. The third kappa shape index (κ3) is 1.98. The van der Waals surface area contributed by atoms with E-state index in [2.05, 4.69) is 4.98 Å². The first kappa shape index (κ1) is 11.6. The lowest BCUT2D eigenvalue weighted by Crippen LogP contribution is -2.32. The van der Waals surface area contributed by atoms with Crippen LogP contribution >= 0.6 is 0 Å². The summed E-state index contributed by atoms with van der Waals surface area (Å²) in [5.74, 6) is 0. The third-order valence-electron chi connectivity index (χ3n) is 2.77. The van der Waals surface area contributed by atoms with Crippen molar-refractivity contribution in [1.82, 2.24) is 13.9 Å². The molecule has 1 aliphatic rings. The molecule has 1 aromatic rings. The highest BCUT2D eigenvalue weighted by molar-refractivity contribution is 7.89. The maximum atomic E-state index is 12.1. The number of hydrogen-bond donors (Lipinski definition) is 1. The molecule has 16 heavy (non-hydrogen) atoms. The first-order valence-corrected chi connectivity index (χ1v) is 6.75. The summed E-state index contributed by atoms with van der Waals surface area (Å²) in [7, 11) is -3.44. The summed E-state index contributed by atoms with van der Waals surface area (Å²) in [6.07, 6.45) is 3.80. The molecule has 0 bridgehead atoms. The van der Waals surface area contributed by atoms with Gasteiger partial charge in [-0.2, -0.15) is 4.31 Å². The number of aromatic nitrogens is 2. The molecule has 0 saturated carbocycles. The minimum Gasteiger partial charge on any atom is -0.336 e. The third-order valence-corrected chi connectivity index (χ3v) is 4.52. The second-order valence-corrected chi connectivity index (χ2v) is 5.84. The monoisotopic (exact) mass is 244 g/mol. The fraction of sp³-hybridized carbons (Fsp3) is 0.667. The predicted molar refractivity (Wildman–Crippen MR) is 59.3 cm³/mol. The summed E-state index contributed by atoms with van der Waals surface area (Å²) >= 11 is 0. The molecule has 1 atom stereocenters. The molecule has 0 spiro atoms. The van der Waals surface area contributed by atoms with Gasteiger partial charge < -0.3 is 10.3 Å². The smallest absolute Gasteiger partial charge is 0.262 e. The Hall–Kier alpha value is -0.920. The van der Waals surface area contributed by atoms with Crippen molar-refractivity contribution in [1.29, 1.82) is 0 Å². The van der Waals surface area contributed by atoms with Crippen LogP contribution in [0.25, 0.3) is 0 Å². The number of sulfonamides is 1. The minimum absolute atomic E-state index is 0.0527. The van der Waals surface area contributed by atoms with Crippen LogP contribution in [0.2, 0.25) is 0 Å². The van der Waals surface area contributed by atoms with E-state index in [1.165, 1.54) is 10.6 Å². The largest absolute Gasteiger partial charge is 0.336 e. The van der Waals surface area contributed by atoms with Crippen LogP contribution in [0.4, 0.5) is 0 Å². The molecule has 0 radical (unpaired) electrons. The van der Waals surface area contributed by atoms with Crippen molar-refractivity contribution < 1.29 is 8.42 Å². The number of aryl methyl sites for hydroxylation is 1. The van der Waals surface area contributed by atoms with Gasteiger partial charge in [0.1, 0.15) is 0 Å². The van der Waals surface area contributed by atoms with Crippen LogP contribution in [0.3, 0.4) is 0 Å². The average Bonchev–Trinajstić information content (AvgIpc) is 2.85. The lowest BCUT2D eigenvalue weighted by atomic mass is 10.3. The summed E-state index contributed by atoms with van der Waals surface area (Å²) in [4.78, 5) is 3.92. The van der Waals surface area contributed by atoms with E-state index in [9.17, 15) is 8.42 Å². The highest BCUT2D eigenvalue weighted by Crippen LogP contribution is 2.18. The molecule has 1 aromatic heterocycles. The van der Waals surface area contributed by atoms with E-state index in [-0.39, 0.29) is 11.1 Å². The van der Waals surface area contributed by atoms with Crippen LogP contribution in [0.1, 0.15) is 13.3 Å². The minimum atomic E-state index is -3.44. The number of hydrogen-bond acceptors (Lipinski definition) is 4. The van der Waals surface area contributed by atoms with Gasteiger partial charge in [0, 0.05) is 31.9 Å². The molecule has 1 saturated heterocycles. The molecule has 2 rings (SSSR count). The quantitative estimate of drug-likeness (QED) is 0.786.